The van der Waals surface area contributed by atoms with Gasteiger partial charge in [0.05, 0.1) is 6.20 Å². The summed E-state index contributed by atoms with van der Waals surface area (Å²) in [7, 11) is 1.85. The van der Waals surface area contributed by atoms with Crippen molar-refractivity contribution in [2.24, 2.45) is 7.05 Å². The monoisotopic (exact) mass is 190 g/mol. The van der Waals surface area contributed by atoms with Crippen LogP contribution in [0.4, 0.5) is 0 Å². The average Bonchev–Trinajstić information content (AvgIpc) is 2.71. The number of aromatic nitrogens is 3. The van der Waals surface area contributed by atoms with Gasteiger partial charge >= 0.3 is 0 Å². The van der Waals surface area contributed by atoms with E-state index in [1.54, 1.807) is 16.3 Å². The lowest BCUT2D eigenvalue weighted by atomic mass is 10.4. The molecule has 0 radical (unpaired) electrons. The molecule has 0 aliphatic heterocycles. The number of hydrogen-bond donors (Lipinski definition) is 0. The van der Waals surface area contributed by atoms with Crippen molar-refractivity contribution in [1.29, 1.82) is 5.26 Å². The Morgan fingerprint density at radius 2 is 2.46 bits per heavy atom. The first-order chi connectivity index (χ1) is 6.29. The molecule has 13 heavy (non-hydrogen) atoms. The van der Waals surface area contributed by atoms with E-state index >= 15 is 0 Å². The molecule has 0 spiro atoms. The van der Waals surface area contributed by atoms with E-state index in [0.717, 1.165) is 10.6 Å². The Hall–Kier alpha value is -1.67. The second-order valence-corrected chi connectivity index (χ2v) is 3.41. The van der Waals surface area contributed by atoms with Gasteiger partial charge in [-0.05, 0) is 0 Å². The lowest BCUT2D eigenvalue weighted by molar-refractivity contribution is 0.768. The van der Waals surface area contributed by atoms with E-state index in [1.807, 2.05) is 19.3 Å². The molecule has 0 aliphatic rings. The Kier molecular flexibility index (Phi) is 1.83. The minimum absolute atomic E-state index is 0.462. The minimum Gasteiger partial charge on any atom is -0.275 e. The van der Waals surface area contributed by atoms with Crippen LogP contribution in [-0.2, 0) is 7.05 Å². The van der Waals surface area contributed by atoms with Crippen LogP contribution in [0.25, 0.3) is 10.6 Å². The second kappa shape index (κ2) is 2.99. The highest BCUT2D eigenvalue weighted by Crippen LogP contribution is 2.22. The molecule has 0 fully saturated rings. The van der Waals surface area contributed by atoms with E-state index in [1.165, 1.54) is 11.3 Å². The summed E-state index contributed by atoms with van der Waals surface area (Å²) in [6.45, 7) is 0. The smallest absolute Gasteiger partial charge is 0.152 e. The van der Waals surface area contributed by atoms with Crippen molar-refractivity contribution in [3.05, 3.63) is 23.5 Å². The van der Waals surface area contributed by atoms with E-state index in [4.69, 9.17) is 5.26 Å². The molecule has 2 aromatic rings. The van der Waals surface area contributed by atoms with E-state index in [2.05, 4.69) is 10.1 Å². The molecule has 2 heterocycles. The summed E-state index contributed by atoms with van der Waals surface area (Å²) >= 11 is 1.45. The maximum absolute atomic E-state index is 8.58. The lowest BCUT2D eigenvalue weighted by Gasteiger charge is -1.85. The summed E-state index contributed by atoms with van der Waals surface area (Å²) in [5.74, 6) is 0. The van der Waals surface area contributed by atoms with Crippen molar-refractivity contribution in [2.75, 3.05) is 0 Å². The van der Waals surface area contributed by atoms with Gasteiger partial charge in [0.2, 0.25) is 0 Å². The fourth-order valence-electron chi connectivity index (χ4n) is 0.989. The van der Waals surface area contributed by atoms with Crippen molar-refractivity contribution in [3.63, 3.8) is 0 Å². The van der Waals surface area contributed by atoms with Gasteiger partial charge in [0.15, 0.2) is 5.69 Å². The molecule has 2 rings (SSSR count). The highest BCUT2D eigenvalue weighted by molar-refractivity contribution is 7.13. The van der Waals surface area contributed by atoms with Crippen LogP contribution in [-0.4, -0.2) is 14.8 Å². The SMILES string of the molecule is Cn1cc(-c2nc(C#N)cs2)cn1. The van der Waals surface area contributed by atoms with Crippen LogP contribution in [0, 0.1) is 11.3 Å². The van der Waals surface area contributed by atoms with E-state index < -0.39 is 0 Å². The summed E-state index contributed by atoms with van der Waals surface area (Å²) < 4.78 is 1.71. The second-order valence-electron chi connectivity index (χ2n) is 2.55. The van der Waals surface area contributed by atoms with E-state index in [0.29, 0.717) is 5.69 Å². The Labute approximate surface area is 79.1 Å². The molecule has 2 aromatic heterocycles. The molecule has 0 atom stereocenters. The summed E-state index contributed by atoms with van der Waals surface area (Å²) in [6.07, 6.45) is 3.61. The molecule has 64 valence electrons. The van der Waals surface area contributed by atoms with Gasteiger partial charge in [0, 0.05) is 24.2 Å². The van der Waals surface area contributed by atoms with E-state index in [-0.39, 0.29) is 0 Å². The molecular weight excluding hydrogens is 184 g/mol. The number of aryl methyl sites for hydroxylation is 1. The van der Waals surface area contributed by atoms with Crippen LogP contribution >= 0.6 is 11.3 Å². The molecule has 0 unspecified atom stereocenters. The van der Waals surface area contributed by atoms with Gasteiger partial charge in [-0.25, -0.2) is 4.98 Å². The molecule has 0 saturated carbocycles. The average molecular weight is 190 g/mol. The molecule has 0 bridgehead atoms. The number of nitrogens with zero attached hydrogens (tertiary/aromatic N) is 4. The van der Waals surface area contributed by atoms with Crippen molar-refractivity contribution < 1.29 is 0 Å². The Morgan fingerprint density at radius 3 is 3.00 bits per heavy atom. The maximum Gasteiger partial charge on any atom is 0.152 e. The molecule has 5 heteroatoms. The quantitative estimate of drug-likeness (QED) is 0.683. The van der Waals surface area contributed by atoms with Gasteiger partial charge in [0.1, 0.15) is 11.1 Å². The van der Waals surface area contributed by atoms with Crippen LogP contribution < -0.4 is 0 Å². The topological polar surface area (TPSA) is 54.5 Å². The molecule has 0 aliphatic carbocycles. The van der Waals surface area contributed by atoms with Crippen molar-refractivity contribution in [1.82, 2.24) is 14.8 Å². The zero-order chi connectivity index (χ0) is 9.26. The van der Waals surface area contributed by atoms with Gasteiger partial charge in [-0.3, -0.25) is 4.68 Å². The van der Waals surface area contributed by atoms with Gasteiger partial charge < -0.3 is 0 Å². The Bertz CT molecular complexity index is 462. The van der Waals surface area contributed by atoms with Crippen LogP contribution in [0.1, 0.15) is 5.69 Å². The Balaban J connectivity index is 2.42. The van der Waals surface area contributed by atoms with Gasteiger partial charge in [0.25, 0.3) is 0 Å². The third-order valence-electron chi connectivity index (χ3n) is 1.57. The molecule has 0 aromatic carbocycles. The van der Waals surface area contributed by atoms with Crippen molar-refractivity contribution in [3.8, 4) is 16.6 Å². The number of rotatable bonds is 1. The standard InChI is InChI=1S/C8H6N4S/c1-12-4-6(3-10-12)8-11-7(2-9)5-13-8/h3-5H,1H3. The normalized spacial score (nSPS) is 9.85. The minimum atomic E-state index is 0.462. The Morgan fingerprint density at radius 1 is 1.62 bits per heavy atom. The van der Waals surface area contributed by atoms with E-state index in [9.17, 15) is 0 Å². The fraction of sp³-hybridized carbons (Fsp3) is 0.125. The van der Waals surface area contributed by atoms with Gasteiger partial charge in [-0.2, -0.15) is 10.4 Å². The molecule has 0 N–H and O–H groups in total. The summed E-state index contributed by atoms with van der Waals surface area (Å²) in [5, 5.41) is 15.2. The van der Waals surface area contributed by atoms with Gasteiger partial charge in [-0.1, -0.05) is 0 Å². The number of hydrogen-bond acceptors (Lipinski definition) is 4. The maximum atomic E-state index is 8.58. The summed E-state index contributed by atoms with van der Waals surface area (Å²) in [4.78, 5) is 4.12. The number of nitriles is 1. The summed E-state index contributed by atoms with van der Waals surface area (Å²) in [5.41, 5.74) is 1.41. The van der Waals surface area contributed by atoms with Crippen LogP contribution in [0.3, 0.4) is 0 Å². The zero-order valence-corrected chi connectivity index (χ0v) is 7.75. The highest BCUT2D eigenvalue weighted by Gasteiger charge is 2.05. The highest BCUT2D eigenvalue weighted by atomic mass is 32.1. The van der Waals surface area contributed by atoms with Crippen LogP contribution in [0.15, 0.2) is 17.8 Å². The van der Waals surface area contributed by atoms with Crippen molar-refractivity contribution >= 4 is 11.3 Å². The fourth-order valence-corrected chi connectivity index (χ4v) is 1.71. The van der Waals surface area contributed by atoms with Crippen LogP contribution in [0.5, 0.6) is 0 Å². The predicted octanol–water partition coefficient (Wildman–Crippen LogP) is 1.42. The number of thiazole rings is 1. The third kappa shape index (κ3) is 1.44. The lowest BCUT2D eigenvalue weighted by Crippen LogP contribution is -1.84. The first kappa shape index (κ1) is 7.95. The molecule has 0 saturated heterocycles. The molecule has 0 amide bonds. The van der Waals surface area contributed by atoms with Crippen LogP contribution in [0.2, 0.25) is 0 Å². The van der Waals surface area contributed by atoms with Gasteiger partial charge in [-0.15, -0.1) is 11.3 Å². The molecule has 4 nitrogen and oxygen atoms in total. The largest absolute Gasteiger partial charge is 0.275 e. The first-order valence-electron chi connectivity index (χ1n) is 3.64. The third-order valence-corrected chi connectivity index (χ3v) is 2.46. The molecular formula is C8H6N4S. The van der Waals surface area contributed by atoms with Crippen molar-refractivity contribution in [2.45, 2.75) is 0 Å². The summed E-state index contributed by atoms with van der Waals surface area (Å²) in [6, 6.07) is 2.00. The zero-order valence-electron chi connectivity index (χ0n) is 6.93. The first-order valence-corrected chi connectivity index (χ1v) is 4.52. The predicted molar refractivity (Wildman–Crippen MR) is 49.0 cm³/mol.